The predicted octanol–water partition coefficient (Wildman–Crippen LogP) is 23.9. The molecule has 19 rings (SSSR count). The lowest BCUT2D eigenvalue weighted by Gasteiger charge is -2.55. The Morgan fingerprint density at radius 2 is 0.704 bits per heavy atom. The van der Waals surface area contributed by atoms with Gasteiger partial charge in [0, 0.05) is 6.07 Å². The van der Waals surface area contributed by atoms with Crippen molar-refractivity contribution in [3.8, 4) is 0 Å². The number of halogens is 13. The number of carbonyl (C=O) groups excluding carboxylic acids is 4. The molecule has 13 aromatic rings. The van der Waals surface area contributed by atoms with Crippen LogP contribution < -0.4 is 15.3 Å². The molecule has 13 aromatic carbocycles. The van der Waals surface area contributed by atoms with Gasteiger partial charge in [0.05, 0.1) is 95.1 Å². The zero-order valence-electron chi connectivity index (χ0n) is 78.1. The van der Waals surface area contributed by atoms with Crippen LogP contribution in [0.15, 0.2) is 411 Å². The maximum Gasteiger partial charge on any atom is 0.422 e. The van der Waals surface area contributed by atoms with Gasteiger partial charge in [-0.1, -0.05) is 187 Å². The molecule has 6 aliphatic rings. The molecule has 142 heavy (non-hydrogen) atoms. The minimum Gasteiger partial charge on any atom is -0.748 e. The zero-order valence-corrected chi connectivity index (χ0v) is 82.2. The Labute approximate surface area is 829 Å². The number of rotatable bonds is 22. The third kappa shape index (κ3) is 30.1. The normalized spacial score (nSPS) is 18.7. The topological polar surface area (TPSA) is 224 Å². The van der Waals surface area contributed by atoms with Crippen molar-refractivity contribution >= 4 is 88.3 Å². The molecule has 746 valence electrons. The average Bonchev–Trinajstić information content (AvgIpc) is 1.28. The van der Waals surface area contributed by atoms with Crippen molar-refractivity contribution in [3.63, 3.8) is 0 Å². The Kier molecular flexibility index (Phi) is 38.1. The predicted molar refractivity (Wildman–Crippen MR) is 519 cm³/mol. The van der Waals surface area contributed by atoms with Crippen molar-refractivity contribution in [1.82, 2.24) is 0 Å². The van der Waals surface area contributed by atoms with Crippen molar-refractivity contribution in [2.45, 2.75) is 188 Å². The second-order valence-corrected chi connectivity index (χ2v) is 45.2. The van der Waals surface area contributed by atoms with Crippen LogP contribution in [-0.4, -0.2) is 84.1 Å². The van der Waals surface area contributed by atoms with Crippen molar-refractivity contribution in [2.75, 3.05) is 12.4 Å². The molecule has 0 aliphatic heterocycles. The molecular formula is C112H105F13O12S5. The lowest BCUT2D eigenvalue weighted by atomic mass is 9.49. The molecule has 5 atom stereocenters. The quantitative estimate of drug-likeness (QED) is 0.0220. The van der Waals surface area contributed by atoms with Crippen LogP contribution in [0.1, 0.15) is 95.2 Å². The van der Waals surface area contributed by atoms with Crippen LogP contribution in [0, 0.1) is 84.6 Å². The SMILES string of the molecule is CC(C(=O)[O-])C(F)(F)CC(C)(F)F.CC(O)(C(=O)[O-])C(F)(F)F.Cc1ccc([S+](c2ccc(C)cc2)c2ccc(C)cc2)cc1.Fc1ccc([S+](c2ccc(F)cc2)c2ccc(F)cc2)cc1.O=C(OCCS(=O)(=O)[O-])C12CC3CC(CC(C3)C1)C2.O=C([O-])C1(C(F)(F)F)CC2C=CC1C2.c1ccc([S+](c2ccccc2)c2ccc3ccccc3c2)cc1.c1ccc([S+](c2ccccc2)c2ccccc2)cc1. The molecule has 30 heteroatoms. The summed E-state index contributed by atoms with van der Waals surface area (Å²) in [5.41, 5.74) is -2.85. The van der Waals surface area contributed by atoms with Crippen molar-refractivity contribution in [3.05, 3.63) is 386 Å². The average molecular weight is 2050 g/mol. The number of aliphatic carboxylic acids is 3. The molecule has 0 aromatic heterocycles. The van der Waals surface area contributed by atoms with Gasteiger partial charge >= 0.3 is 18.3 Å². The van der Waals surface area contributed by atoms with E-state index >= 15 is 0 Å². The van der Waals surface area contributed by atoms with E-state index < -0.39 is 98.1 Å². The third-order valence-corrected chi connectivity index (χ3v) is 34.1. The summed E-state index contributed by atoms with van der Waals surface area (Å²) in [6.07, 6.45) is -2.35. The fourth-order valence-electron chi connectivity index (χ4n) is 17.6. The van der Waals surface area contributed by atoms with Crippen molar-refractivity contribution in [2.24, 2.45) is 46.3 Å². The van der Waals surface area contributed by atoms with Crippen LogP contribution in [0.4, 0.5) is 57.1 Å². The fourth-order valence-corrected chi connectivity index (χ4v) is 26.2. The van der Waals surface area contributed by atoms with Gasteiger partial charge in [0.2, 0.25) is 0 Å². The second kappa shape index (κ2) is 48.9. The van der Waals surface area contributed by atoms with E-state index in [0.29, 0.717) is 31.6 Å². The summed E-state index contributed by atoms with van der Waals surface area (Å²) in [5.74, 6) is -17.4. The van der Waals surface area contributed by atoms with Gasteiger partial charge in [-0.15, -0.1) is 0 Å². The smallest absolute Gasteiger partial charge is 0.422 e. The van der Waals surface area contributed by atoms with E-state index in [1.807, 2.05) is 0 Å². The summed E-state index contributed by atoms with van der Waals surface area (Å²) < 4.78 is 198. The van der Waals surface area contributed by atoms with Crippen LogP contribution >= 0.6 is 0 Å². The summed E-state index contributed by atoms with van der Waals surface area (Å²) in [6.45, 7) is 7.18. The zero-order chi connectivity index (χ0) is 103. The Morgan fingerprint density at radius 1 is 0.408 bits per heavy atom. The highest BCUT2D eigenvalue weighted by atomic mass is 32.2. The van der Waals surface area contributed by atoms with Gasteiger partial charge in [0.25, 0.3) is 11.8 Å². The van der Waals surface area contributed by atoms with Gasteiger partial charge < -0.3 is 44.1 Å². The first-order chi connectivity index (χ1) is 67.1. The van der Waals surface area contributed by atoms with Gasteiger partial charge in [-0.2, -0.15) is 26.3 Å². The minimum absolute atomic E-state index is 0.0146. The maximum atomic E-state index is 13.2. The Morgan fingerprint density at radius 3 is 0.958 bits per heavy atom. The number of alkyl halides is 10. The van der Waals surface area contributed by atoms with E-state index in [2.05, 4.69) is 288 Å². The summed E-state index contributed by atoms with van der Waals surface area (Å²) in [5, 5.41) is 41.0. The molecule has 5 saturated carbocycles. The maximum absolute atomic E-state index is 13.2. The second-order valence-electron chi connectivity index (χ2n) is 35.5. The number of fused-ring (bicyclic) bond motifs is 3. The van der Waals surface area contributed by atoms with Crippen LogP contribution in [0.2, 0.25) is 0 Å². The number of ether oxygens (including phenoxy) is 1. The Balaban J connectivity index is 0.000000157. The summed E-state index contributed by atoms with van der Waals surface area (Å²) in [6, 6.07) is 114. The molecule has 5 fully saturated rings. The van der Waals surface area contributed by atoms with Crippen LogP contribution in [-0.2, 0) is 77.6 Å². The first kappa shape index (κ1) is 110. The number of allylic oxidation sites excluding steroid dienone is 2. The molecule has 0 radical (unpaired) electrons. The largest absolute Gasteiger partial charge is 0.748 e. The fraction of sp³-hybridized carbons (Fsp3) is 0.268. The van der Waals surface area contributed by atoms with Gasteiger partial charge in [-0.25, -0.2) is 39.2 Å². The number of carboxylic acid groups (broad SMARTS) is 3. The lowest BCUT2D eigenvalue weighted by molar-refractivity contribution is -0.351. The monoisotopic (exact) mass is 2050 g/mol. The Hall–Kier alpha value is -11.9. The minimum atomic E-state index is -5.19. The molecule has 0 spiro atoms. The number of carboxylic acids is 3. The molecule has 0 saturated heterocycles. The van der Waals surface area contributed by atoms with E-state index in [1.165, 1.54) is 133 Å². The van der Waals surface area contributed by atoms with Crippen molar-refractivity contribution < 1.29 is 114 Å². The molecule has 0 heterocycles. The highest BCUT2D eigenvalue weighted by Gasteiger charge is 2.65. The molecule has 6 bridgehead atoms. The van der Waals surface area contributed by atoms with Gasteiger partial charge in [-0.05, 0) is 308 Å². The molecule has 1 N–H and O–H groups in total. The van der Waals surface area contributed by atoms with Crippen LogP contribution in [0.5, 0.6) is 0 Å². The number of benzene rings is 13. The number of aryl methyl sites for hydroxylation is 3. The first-order valence-corrected chi connectivity index (χ1v) is 51.8. The van der Waals surface area contributed by atoms with E-state index in [0.717, 1.165) is 33.9 Å². The van der Waals surface area contributed by atoms with E-state index in [1.54, 1.807) is 42.5 Å². The van der Waals surface area contributed by atoms with E-state index in [4.69, 9.17) is 9.84 Å². The number of aliphatic hydroxyl groups is 1. The highest BCUT2D eigenvalue weighted by molar-refractivity contribution is 7.98. The standard InChI is InChI=1S/C22H17S.C21H21S.C18H12F3S.C18H15S.C13H20O5S.C9H9F3O2.C7H10F4O2.C4H5F3O3/c1-3-11-20(12-4-1)23(21-13-5-2-6-14-21)22-16-15-18-9-7-8-10-19(18)17-22;1-16-4-10-19(11-5-16)22(20-12-6-17(2)7-13-20)21-14-8-18(3)9-15-21;19-13-1-7-16(8-2-13)22(17-9-3-14(20)4-10-17)18-11-5-15(21)6-12-18;1-4-10-16(11-5-1)19(17-12-6-2-7-13-17)18-14-8-3-9-15-18;14-12(18-1-2-19(15,16)17)13-6-9-3-10(7-13)5-11(4-9)8-13;10-9(11,12)8(7(13)14)4-5-1-2-6(8)3-5;1-4(5(12)13)7(10,11)3-6(2,8)9;1-3(10,2(8)9)4(5,6)7/h1-17H;4-15H,1-3H3;1-12H;1-15H;9-11H,1-8H2,(H,15,16,17);1-2,5-6H,3-4H2,(H,13,14);4H,3H2,1-2H3,(H,12,13);10H,1H3,(H,8,9)/q4*+1;;;;/p-4. The summed E-state index contributed by atoms with van der Waals surface area (Å²) >= 11 is 0. The molecule has 6 aliphatic carbocycles. The first-order valence-electron chi connectivity index (χ1n) is 45.4. The molecule has 12 nitrogen and oxygen atoms in total. The Bertz CT molecular complexity index is 5900. The number of hydrogen-bond donors (Lipinski definition) is 1. The van der Waals surface area contributed by atoms with Crippen LogP contribution in [0.25, 0.3) is 10.8 Å². The van der Waals surface area contributed by atoms with E-state index in [-0.39, 0.29) is 93.8 Å². The molecule has 0 amide bonds. The van der Waals surface area contributed by atoms with Gasteiger partial charge in [0.1, 0.15) is 29.5 Å². The molecule has 5 unspecified atom stereocenters. The van der Waals surface area contributed by atoms with Crippen molar-refractivity contribution in [1.29, 1.82) is 0 Å². The molecular weight excluding hydrogens is 1940 g/mol. The summed E-state index contributed by atoms with van der Waals surface area (Å²) in [4.78, 5) is 57.5. The number of carbonyl (C=O) groups is 4. The third-order valence-electron chi connectivity index (χ3n) is 24.5. The van der Waals surface area contributed by atoms with Gasteiger partial charge in [0.15, 0.2) is 64.3 Å². The van der Waals surface area contributed by atoms with Gasteiger partial charge in [-0.3, -0.25) is 4.79 Å². The number of hydrogen-bond acceptors (Lipinski definition) is 12. The number of esters is 1. The van der Waals surface area contributed by atoms with E-state index in [9.17, 15) is 105 Å². The summed E-state index contributed by atoms with van der Waals surface area (Å²) in [7, 11) is -4.97. The highest BCUT2D eigenvalue weighted by Crippen LogP contribution is 2.62. The van der Waals surface area contributed by atoms with Crippen LogP contribution in [0.3, 0.4) is 0 Å². The lowest BCUT2D eigenvalue weighted by Crippen LogP contribution is -2.56.